The molecule has 1 amide bonds. The predicted octanol–water partition coefficient (Wildman–Crippen LogP) is 4.48. The number of nitrogen functional groups attached to an aromatic ring is 1. The summed E-state index contributed by atoms with van der Waals surface area (Å²) in [6.07, 6.45) is 6.85. The summed E-state index contributed by atoms with van der Waals surface area (Å²) < 4.78 is 0. The van der Waals surface area contributed by atoms with Crippen molar-refractivity contribution in [3.8, 4) is 0 Å². The fraction of sp³-hybridized carbons (Fsp3) is 0.579. The Balaban J connectivity index is 1.88. The van der Waals surface area contributed by atoms with E-state index in [2.05, 4.69) is 13.8 Å². The van der Waals surface area contributed by atoms with Gasteiger partial charge in [0, 0.05) is 24.2 Å². The zero-order valence-corrected chi connectivity index (χ0v) is 15.7. The highest BCUT2D eigenvalue weighted by atomic mass is 32.1. The third kappa shape index (κ3) is 3.41. The van der Waals surface area contributed by atoms with E-state index in [-0.39, 0.29) is 5.91 Å². The van der Waals surface area contributed by atoms with Crippen molar-refractivity contribution in [2.45, 2.75) is 58.4 Å². The van der Waals surface area contributed by atoms with Gasteiger partial charge < -0.3 is 10.6 Å². The number of carbonyl (C=O) groups excluding carboxylic acids is 1. The summed E-state index contributed by atoms with van der Waals surface area (Å²) in [7, 11) is 1.92. The van der Waals surface area contributed by atoms with Crippen molar-refractivity contribution in [2.75, 3.05) is 12.8 Å². The Morgan fingerprint density at radius 3 is 2.71 bits per heavy atom. The highest BCUT2D eigenvalue weighted by Crippen LogP contribution is 2.34. The molecule has 5 heteroatoms. The van der Waals surface area contributed by atoms with Crippen molar-refractivity contribution in [1.29, 1.82) is 0 Å². The molecule has 0 aliphatic heterocycles. The van der Waals surface area contributed by atoms with Gasteiger partial charge >= 0.3 is 0 Å². The van der Waals surface area contributed by atoms with Crippen molar-refractivity contribution in [3.63, 3.8) is 0 Å². The molecule has 0 spiro atoms. The molecule has 24 heavy (non-hydrogen) atoms. The molecule has 2 aromatic heterocycles. The number of pyridine rings is 1. The molecule has 0 saturated heterocycles. The summed E-state index contributed by atoms with van der Waals surface area (Å²) >= 11 is 1.44. The van der Waals surface area contributed by atoms with Crippen LogP contribution in [0.3, 0.4) is 0 Å². The Morgan fingerprint density at radius 2 is 2.04 bits per heavy atom. The van der Waals surface area contributed by atoms with Gasteiger partial charge in [0.15, 0.2) is 0 Å². The lowest BCUT2D eigenvalue weighted by molar-refractivity contribution is 0.0702. The summed E-state index contributed by atoms with van der Waals surface area (Å²) in [6, 6.07) is 4.40. The Kier molecular flexibility index (Phi) is 5.09. The molecule has 2 aromatic rings. The lowest BCUT2D eigenvalue weighted by atomic mass is 9.94. The van der Waals surface area contributed by atoms with E-state index in [4.69, 9.17) is 10.7 Å². The fourth-order valence-corrected chi connectivity index (χ4v) is 4.62. The number of aromatic nitrogens is 1. The van der Waals surface area contributed by atoms with Crippen LogP contribution in [0.1, 0.15) is 61.3 Å². The van der Waals surface area contributed by atoms with E-state index < -0.39 is 0 Å². The van der Waals surface area contributed by atoms with Crippen molar-refractivity contribution >= 4 is 33.1 Å². The SMILES string of the molecule is CC(C)Cc1ccc2c(N)c(C(=O)N(C)C3CCCCC3)sc2n1. The topological polar surface area (TPSA) is 59.2 Å². The number of hydrogen-bond donors (Lipinski definition) is 1. The number of carbonyl (C=O) groups is 1. The van der Waals surface area contributed by atoms with Crippen LogP contribution in [0.4, 0.5) is 5.69 Å². The lowest BCUT2D eigenvalue weighted by Crippen LogP contribution is -2.38. The molecule has 0 radical (unpaired) electrons. The monoisotopic (exact) mass is 345 g/mol. The van der Waals surface area contributed by atoms with Gasteiger partial charge in [0.25, 0.3) is 5.91 Å². The molecule has 3 rings (SSSR count). The number of nitrogens with two attached hydrogens (primary N) is 1. The van der Waals surface area contributed by atoms with E-state index in [0.717, 1.165) is 35.2 Å². The zero-order valence-electron chi connectivity index (χ0n) is 14.8. The van der Waals surface area contributed by atoms with E-state index in [1.807, 2.05) is 24.1 Å². The van der Waals surface area contributed by atoms with Crippen molar-refractivity contribution in [2.24, 2.45) is 5.92 Å². The molecule has 2 N–H and O–H groups in total. The van der Waals surface area contributed by atoms with Crippen LogP contribution < -0.4 is 5.73 Å². The number of nitrogens with zero attached hydrogens (tertiary/aromatic N) is 2. The second kappa shape index (κ2) is 7.09. The number of fused-ring (bicyclic) bond motifs is 1. The average Bonchev–Trinajstić information content (AvgIpc) is 2.90. The molecule has 4 nitrogen and oxygen atoms in total. The van der Waals surface area contributed by atoms with E-state index in [1.165, 1.54) is 30.6 Å². The van der Waals surface area contributed by atoms with Gasteiger partial charge in [-0.25, -0.2) is 4.98 Å². The maximum absolute atomic E-state index is 12.9. The minimum atomic E-state index is 0.0489. The third-order valence-electron chi connectivity index (χ3n) is 4.91. The highest BCUT2D eigenvalue weighted by Gasteiger charge is 2.26. The normalized spacial score (nSPS) is 16.0. The van der Waals surface area contributed by atoms with Crippen LogP contribution >= 0.6 is 11.3 Å². The van der Waals surface area contributed by atoms with Crippen molar-refractivity contribution in [1.82, 2.24) is 9.88 Å². The second-order valence-electron chi connectivity index (χ2n) is 7.31. The molecular formula is C19H27N3OS. The van der Waals surface area contributed by atoms with Gasteiger partial charge in [-0.15, -0.1) is 11.3 Å². The molecule has 1 aliphatic carbocycles. The van der Waals surface area contributed by atoms with Crippen LogP contribution in [0, 0.1) is 5.92 Å². The average molecular weight is 346 g/mol. The van der Waals surface area contributed by atoms with Gasteiger partial charge in [-0.05, 0) is 37.3 Å². The van der Waals surface area contributed by atoms with Gasteiger partial charge in [0.1, 0.15) is 9.71 Å². The number of hydrogen-bond acceptors (Lipinski definition) is 4. The minimum absolute atomic E-state index is 0.0489. The first-order chi connectivity index (χ1) is 11.5. The molecular weight excluding hydrogens is 318 g/mol. The molecule has 1 aliphatic rings. The standard InChI is InChI=1S/C19H27N3OS/c1-12(2)11-13-9-10-15-16(20)17(24-18(15)21-13)19(23)22(3)14-7-5-4-6-8-14/h9-10,12,14H,4-8,11,20H2,1-3H3. The molecule has 1 saturated carbocycles. The molecule has 0 aromatic carbocycles. The quantitative estimate of drug-likeness (QED) is 0.888. The summed E-state index contributed by atoms with van der Waals surface area (Å²) in [6.45, 7) is 4.37. The van der Waals surface area contributed by atoms with Crippen LogP contribution in [-0.4, -0.2) is 28.9 Å². The van der Waals surface area contributed by atoms with Crippen LogP contribution in [0.15, 0.2) is 12.1 Å². The minimum Gasteiger partial charge on any atom is -0.397 e. The molecule has 0 atom stereocenters. The van der Waals surface area contributed by atoms with E-state index in [1.54, 1.807) is 0 Å². The number of anilines is 1. The highest BCUT2D eigenvalue weighted by molar-refractivity contribution is 7.21. The smallest absolute Gasteiger partial charge is 0.266 e. The van der Waals surface area contributed by atoms with Crippen LogP contribution in [0.5, 0.6) is 0 Å². The maximum Gasteiger partial charge on any atom is 0.266 e. The van der Waals surface area contributed by atoms with Crippen LogP contribution in [-0.2, 0) is 6.42 Å². The second-order valence-corrected chi connectivity index (χ2v) is 8.31. The first kappa shape index (κ1) is 17.2. The maximum atomic E-state index is 12.9. The zero-order chi connectivity index (χ0) is 17.3. The van der Waals surface area contributed by atoms with E-state index in [9.17, 15) is 4.79 Å². The van der Waals surface area contributed by atoms with Gasteiger partial charge in [0.2, 0.25) is 0 Å². The van der Waals surface area contributed by atoms with Gasteiger partial charge in [-0.2, -0.15) is 0 Å². The first-order valence-corrected chi connectivity index (χ1v) is 9.74. The predicted molar refractivity (Wildman–Crippen MR) is 102 cm³/mol. The van der Waals surface area contributed by atoms with Gasteiger partial charge in [-0.3, -0.25) is 4.79 Å². The molecule has 0 bridgehead atoms. The Hall–Kier alpha value is -1.62. The lowest BCUT2D eigenvalue weighted by Gasteiger charge is -2.31. The third-order valence-corrected chi connectivity index (χ3v) is 6.01. The molecule has 130 valence electrons. The Bertz CT molecular complexity index is 732. The van der Waals surface area contributed by atoms with E-state index >= 15 is 0 Å². The summed E-state index contributed by atoms with van der Waals surface area (Å²) in [5.74, 6) is 0.610. The van der Waals surface area contributed by atoms with Crippen molar-refractivity contribution in [3.05, 3.63) is 22.7 Å². The Labute approximate surface area is 148 Å². The largest absolute Gasteiger partial charge is 0.397 e. The van der Waals surface area contributed by atoms with E-state index in [0.29, 0.717) is 22.5 Å². The number of amides is 1. The molecule has 2 heterocycles. The summed E-state index contributed by atoms with van der Waals surface area (Å²) in [5, 5.41) is 0.910. The van der Waals surface area contributed by atoms with Crippen molar-refractivity contribution < 1.29 is 4.79 Å². The summed E-state index contributed by atoms with van der Waals surface area (Å²) in [5.41, 5.74) is 7.94. The van der Waals surface area contributed by atoms with Crippen LogP contribution in [0.2, 0.25) is 0 Å². The Morgan fingerprint density at radius 1 is 1.33 bits per heavy atom. The molecule has 0 unspecified atom stereocenters. The number of thiophene rings is 1. The van der Waals surface area contributed by atoms with Gasteiger partial charge in [-0.1, -0.05) is 33.1 Å². The number of rotatable bonds is 4. The van der Waals surface area contributed by atoms with Gasteiger partial charge in [0.05, 0.1) is 5.69 Å². The first-order valence-electron chi connectivity index (χ1n) is 8.92. The summed E-state index contributed by atoms with van der Waals surface area (Å²) in [4.78, 5) is 21.1. The molecule has 1 fully saturated rings. The van der Waals surface area contributed by atoms with Crippen LogP contribution in [0.25, 0.3) is 10.2 Å². The fourth-order valence-electron chi connectivity index (χ4n) is 3.52.